The van der Waals surface area contributed by atoms with Crippen LogP contribution in [0, 0.1) is 0 Å². The van der Waals surface area contributed by atoms with Crippen molar-refractivity contribution in [1.29, 1.82) is 0 Å². The normalized spacial score (nSPS) is 18.7. The van der Waals surface area contributed by atoms with Crippen molar-refractivity contribution < 1.29 is 14.2 Å². The number of benzene rings is 1. The number of hydrogen-bond acceptors (Lipinski definition) is 8. The zero-order valence-electron chi connectivity index (χ0n) is 19.5. The van der Waals surface area contributed by atoms with Crippen LogP contribution in [-0.2, 0) is 0 Å². The van der Waals surface area contributed by atoms with Crippen LogP contribution in [0.1, 0.15) is 33.3 Å². The number of anilines is 1. The highest BCUT2D eigenvalue weighted by atomic mass is 35.5. The summed E-state index contributed by atoms with van der Waals surface area (Å²) in [5.74, 6) is 7.00. The number of quaternary nitrogens is 1. The number of nitrogens with one attached hydrogen (secondary N) is 2. The fourth-order valence-electron chi connectivity index (χ4n) is 3.92. The highest BCUT2D eigenvalue weighted by molar-refractivity contribution is 6.28. The Morgan fingerprint density at radius 1 is 1.03 bits per heavy atom. The second-order valence-electron chi connectivity index (χ2n) is 8.21. The molecule has 2 unspecified atom stereocenters. The minimum Gasteiger partial charge on any atom is -0.342 e. The Bertz CT molecular complexity index is 1500. The molecular weight excluding hydrogens is 494 g/mol. The maximum atomic E-state index is 12.7. The summed E-state index contributed by atoms with van der Waals surface area (Å²) in [6.07, 6.45) is 7.91. The molecule has 2 amide bonds. The zero-order chi connectivity index (χ0) is 26.0. The van der Waals surface area contributed by atoms with Crippen molar-refractivity contribution in [2.24, 2.45) is 15.8 Å². The molecule has 0 spiro atoms. The molecule has 2 atom stereocenters. The highest BCUT2D eigenvalue weighted by Crippen LogP contribution is 2.32. The Kier molecular flexibility index (Phi) is 6.40. The standard InChI is InChI=1S/C25H20ClN9O2/c1-15(31-24(37)18-9-11-30-25(26)32-18)21-19-14-28-12-13-35(19,27)22(34-21)16-5-7-17(8-6-16)23(36)33-20-4-2-3-10-29-20/h2-15H,27H2,1H3,(H-,29,31,33,36,37)/p+1. The van der Waals surface area contributed by atoms with Gasteiger partial charge in [-0.1, -0.05) is 6.07 Å². The molecule has 0 radical (unpaired) electrons. The Morgan fingerprint density at radius 2 is 1.84 bits per heavy atom. The molecule has 0 bridgehead atoms. The Morgan fingerprint density at radius 3 is 2.57 bits per heavy atom. The number of rotatable bonds is 6. The number of amidine groups is 1. The lowest BCUT2D eigenvalue weighted by Crippen LogP contribution is -2.53. The molecule has 11 nitrogen and oxygen atoms in total. The highest BCUT2D eigenvalue weighted by Gasteiger charge is 2.45. The number of halogens is 1. The molecule has 184 valence electrons. The van der Waals surface area contributed by atoms with E-state index in [4.69, 9.17) is 22.4 Å². The summed E-state index contributed by atoms with van der Waals surface area (Å²) in [5, 5.41) is 5.60. The summed E-state index contributed by atoms with van der Waals surface area (Å²) >= 11 is 5.81. The maximum Gasteiger partial charge on any atom is 0.270 e. The van der Waals surface area contributed by atoms with Gasteiger partial charge in [-0.25, -0.2) is 15.0 Å². The molecule has 0 saturated heterocycles. The number of fused-ring (bicyclic) bond motifs is 1. The number of carbonyl (C=O) groups excluding carboxylic acids is 2. The first-order chi connectivity index (χ1) is 17.8. The molecule has 12 heteroatoms. The zero-order valence-corrected chi connectivity index (χ0v) is 20.3. The van der Waals surface area contributed by atoms with Gasteiger partial charge in [-0.05, 0) is 61.0 Å². The molecule has 2 aliphatic rings. The van der Waals surface area contributed by atoms with Crippen LogP contribution in [0.25, 0.3) is 0 Å². The van der Waals surface area contributed by atoms with Crippen LogP contribution in [0.2, 0.25) is 5.28 Å². The lowest BCUT2D eigenvalue weighted by molar-refractivity contribution is -0.750. The van der Waals surface area contributed by atoms with Crippen molar-refractivity contribution in [3.05, 3.63) is 107 Å². The fraction of sp³-hybridized carbons (Fsp3) is 0.0800. The first kappa shape index (κ1) is 24.1. The molecule has 0 fully saturated rings. The van der Waals surface area contributed by atoms with Crippen LogP contribution in [0.4, 0.5) is 5.82 Å². The second kappa shape index (κ2) is 9.82. The monoisotopic (exact) mass is 514 g/mol. The van der Waals surface area contributed by atoms with Crippen LogP contribution < -0.4 is 16.5 Å². The number of aliphatic imine (C=N–C) groups is 2. The van der Waals surface area contributed by atoms with E-state index >= 15 is 0 Å². The van der Waals surface area contributed by atoms with Gasteiger partial charge in [0, 0.05) is 18.0 Å². The fourth-order valence-corrected chi connectivity index (χ4v) is 4.07. The van der Waals surface area contributed by atoms with E-state index in [2.05, 4.69) is 30.6 Å². The summed E-state index contributed by atoms with van der Waals surface area (Å²) in [6.45, 7) is 1.79. The molecular formula is C25H21ClN9O2+. The van der Waals surface area contributed by atoms with E-state index in [9.17, 15) is 9.59 Å². The van der Waals surface area contributed by atoms with Gasteiger partial charge in [-0.3, -0.25) is 14.6 Å². The number of nitrogens with zero attached hydrogens (tertiary/aromatic N) is 6. The molecule has 5 rings (SSSR count). The van der Waals surface area contributed by atoms with Crippen molar-refractivity contribution in [3.8, 4) is 0 Å². The molecule has 0 aliphatic carbocycles. The Labute approximate surface area is 216 Å². The van der Waals surface area contributed by atoms with Crippen molar-refractivity contribution in [2.45, 2.75) is 13.0 Å². The molecule has 37 heavy (non-hydrogen) atoms. The largest absolute Gasteiger partial charge is 0.342 e. The summed E-state index contributed by atoms with van der Waals surface area (Å²) in [6, 6.07) is 13.1. The lowest BCUT2D eigenvalue weighted by atomic mass is 10.1. The minimum absolute atomic E-state index is 0.0251. The number of amides is 2. The molecule has 4 heterocycles. The predicted molar refractivity (Wildman–Crippen MR) is 138 cm³/mol. The van der Waals surface area contributed by atoms with Gasteiger partial charge >= 0.3 is 0 Å². The van der Waals surface area contributed by atoms with Gasteiger partial charge < -0.3 is 10.6 Å². The maximum absolute atomic E-state index is 12.7. The number of nitrogens with two attached hydrogens (primary N) is 1. The van der Waals surface area contributed by atoms with Gasteiger partial charge in [0.05, 0.1) is 24.0 Å². The smallest absolute Gasteiger partial charge is 0.270 e. The first-order valence-corrected chi connectivity index (χ1v) is 11.6. The molecule has 4 N–H and O–H groups in total. The van der Waals surface area contributed by atoms with E-state index in [1.165, 1.54) is 12.3 Å². The van der Waals surface area contributed by atoms with Crippen LogP contribution in [0.3, 0.4) is 0 Å². The Hall–Kier alpha value is -4.58. The topological polar surface area (TPSA) is 148 Å². The van der Waals surface area contributed by atoms with Crippen LogP contribution in [0.5, 0.6) is 0 Å². The van der Waals surface area contributed by atoms with E-state index in [1.807, 2.05) is 0 Å². The van der Waals surface area contributed by atoms with Crippen molar-refractivity contribution >= 4 is 41.3 Å². The number of carbonyl (C=O) groups is 2. The van der Waals surface area contributed by atoms with Crippen molar-refractivity contribution in [3.63, 3.8) is 0 Å². The van der Waals surface area contributed by atoms with Crippen LogP contribution >= 0.6 is 11.6 Å². The van der Waals surface area contributed by atoms with E-state index in [0.29, 0.717) is 34.2 Å². The summed E-state index contributed by atoms with van der Waals surface area (Å²) in [4.78, 5) is 46.2. The van der Waals surface area contributed by atoms with Crippen LogP contribution in [-0.4, -0.2) is 49.5 Å². The third kappa shape index (κ3) is 4.78. The first-order valence-electron chi connectivity index (χ1n) is 11.2. The van der Waals surface area contributed by atoms with Gasteiger partial charge in [0.15, 0.2) is 0 Å². The SMILES string of the molecule is CC(NC(=O)c1ccnc(Cl)n1)C1=C2C=NC=C[N+]2(N)C(c2ccc(C(=O)Nc3ccccn3)cc2)=N1. The number of pyridine rings is 1. The van der Waals surface area contributed by atoms with E-state index in [1.54, 1.807) is 74.2 Å². The third-order valence-electron chi connectivity index (χ3n) is 5.75. The molecule has 2 aliphatic heterocycles. The second-order valence-corrected chi connectivity index (χ2v) is 8.55. The van der Waals surface area contributed by atoms with Gasteiger partial charge in [0.25, 0.3) is 17.6 Å². The molecule has 1 aromatic carbocycles. The summed E-state index contributed by atoms with van der Waals surface area (Å²) in [7, 11) is 0. The summed E-state index contributed by atoms with van der Waals surface area (Å²) < 4.78 is -0.238. The number of allylic oxidation sites excluding steroid dienone is 1. The summed E-state index contributed by atoms with van der Waals surface area (Å²) in [5.41, 5.74) is 2.42. The lowest BCUT2D eigenvalue weighted by Gasteiger charge is -2.26. The average molecular weight is 515 g/mol. The van der Waals surface area contributed by atoms with E-state index in [-0.39, 0.29) is 21.5 Å². The molecule has 0 saturated carbocycles. The average Bonchev–Trinajstić information content (AvgIpc) is 3.22. The quantitative estimate of drug-likeness (QED) is 0.262. The minimum atomic E-state index is -0.531. The van der Waals surface area contributed by atoms with Crippen molar-refractivity contribution in [2.75, 3.05) is 5.32 Å². The van der Waals surface area contributed by atoms with Gasteiger partial charge in [-0.2, -0.15) is 10.8 Å². The predicted octanol–water partition coefficient (Wildman–Crippen LogP) is 2.81. The van der Waals surface area contributed by atoms with Gasteiger partial charge in [0.2, 0.25) is 11.0 Å². The number of hydrogen-bond donors (Lipinski definition) is 3. The van der Waals surface area contributed by atoms with Gasteiger partial charge in [-0.15, -0.1) is 4.59 Å². The molecule has 2 aromatic heterocycles. The van der Waals surface area contributed by atoms with Gasteiger partial charge in [0.1, 0.15) is 23.4 Å². The third-order valence-corrected chi connectivity index (χ3v) is 5.93. The Balaban J connectivity index is 1.40. The van der Waals surface area contributed by atoms with Crippen molar-refractivity contribution in [1.82, 2.24) is 20.3 Å². The molecule has 3 aromatic rings. The van der Waals surface area contributed by atoms with Crippen LogP contribution in [0.15, 0.2) is 94.7 Å². The number of aromatic nitrogens is 3. The van der Waals surface area contributed by atoms with E-state index < -0.39 is 11.9 Å². The van der Waals surface area contributed by atoms with E-state index in [0.717, 1.165) is 0 Å².